The summed E-state index contributed by atoms with van der Waals surface area (Å²) < 4.78 is 0. The zero-order valence-corrected chi connectivity index (χ0v) is 12.8. The van der Waals surface area contributed by atoms with Crippen molar-refractivity contribution in [1.82, 2.24) is 15.5 Å². The number of aryl methyl sites for hydroxylation is 2. The van der Waals surface area contributed by atoms with Gasteiger partial charge in [-0.1, -0.05) is 12.1 Å². The van der Waals surface area contributed by atoms with Crippen molar-refractivity contribution in [1.29, 1.82) is 0 Å². The zero-order chi connectivity index (χ0) is 15.2. The van der Waals surface area contributed by atoms with E-state index in [1.165, 1.54) is 5.56 Å². The highest BCUT2D eigenvalue weighted by molar-refractivity contribution is 5.78. The van der Waals surface area contributed by atoms with Gasteiger partial charge in [-0.05, 0) is 38.5 Å². The molecular weight excluding hydrogens is 264 g/mol. The molecule has 5 nitrogen and oxygen atoms in total. The summed E-state index contributed by atoms with van der Waals surface area (Å²) in [5, 5.41) is 13.3. The molecule has 0 aliphatic carbocycles. The van der Waals surface area contributed by atoms with Gasteiger partial charge in [0, 0.05) is 30.0 Å². The van der Waals surface area contributed by atoms with Crippen molar-refractivity contribution in [3.8, 4) is 0 Å². The third kappa shape index (κ3) is 4.08. The summed E-state index contributed by atoms with van der Waals surface area (Å²) in [4.78, 5) is 11.5. The van der Waals surface area contributed by atoms with Crippen LogP contribution < -0.4 is 10.6 Å². The predicted molar refractivity (Wildman–Crippen MR) is 84.2 cm³/mol. The summed E-state index contributed by atoms with van der Waals surface area (Å²) in [7, 11) is 0. The second kappa shape index (κ2) is 6.92. The highest BCUT2D eigenvalue weighted by atomic mass is 16.1. The third-order valence-electron chi connectivity index (χ3n) is 3.44. The number of carbonyl (C=O) groups excluding carboxylic acids is 1. The van der Waals surface area contributed by atoms with Gasteiger partial charge in [-0.25, -0.2) is 0 Å². The molecule has 0 unspecified atom stereocenters. The largest absolute Gasteiger partial charge is 0.381 e. The Hall–Kier alpha value is -2.30. The van der Waals surface area contributed by atoms with Crippen molar-refractivity contribution in [3.05, 3.63) is 46.8 Å². The first-order valence-corrected chi connectivity index (χ1v) is 7.20. The molecule has 0 fully saturated rings. The van der Waals surface area contributed by atoms with Crippen LogP contribution in [0.3, 0.4) is 0 Å². The summed E-state index contributed by atoms with van der Waals surface area (Å²) in [5.41, 5.74) is 5.36. The van der Waals surface area contributed by atoms with Crippen molar-refractivity contribution in [2.45, 2.75) is 33.7 Å². The number of nitrogens with one attached hydrogen (secondary N) is 3. The molecule has 0 radical (unpaired) electrons. The Morgan fingerprint density at radius 1 is 1.24 bits per heavy atom. The molecule has 0 aliphatic rings. The molecule has 2 rings (SSSR count). The fraction of sp³-hybridized carbons (Fsp3) is 0.375. The maximum Gasteiger partial charge on any atom is 0.224 e. The zero-order valence-electron chi connectivity index (χ0n) is 12.8. The molecule has 5 heteroatoms. The van der Waals surface area contributed by atoms with Crippen molar-refractivity contribution >= 4 is 11.6 Å². The molecule has 1 aromatic heterocycles. The maximum absolute atomic E-state index is 11.5. The minimum atomic E-state index is 0.0582. The number of hydrogen-bond donors (Lipinski definition) is 3. The lowest BCUT2D eigenvalue weighted by atomic mass is 10.1. The average Bonchev–Trinajstić information content (AvgIpc) is 2.78. The molecule has 0 bridgehead atoms. The van der Waals surface area contributed by atoms with Crippen LogP contribution in [0.5, 0.6) is 0 Å². The Balaban J connectivity index is 1.92. The molecule has 1 amide bonds. The average molecular weight is 286 g/mol. The molecule has 21 heavy (non-hydrogen) atoms. The van der Waals surface area contributed by atoms with Gasteiger partial charge in [0.2, 0.25) is 5.91 Å². The summed E-state index contributed by atoms with van der Waals surface area (Å²) in [6.45, 7) is 7.35. The van der Waals surface area contributed by atoms with Crippen molar-refractivity contribution < 1.29 is 4.79 Å². The van der Waals surface area contributed by atoms with Gasteiger partial charge in [0.05, 0.1) is 12.1 Å². The predicted octanol–water partition coefficient (Wildman–Crippen LogP) is 2.32. The number of nitrogens with zero attached hydrogens (tertiary/aromatic N) is 1. The number of rotatable bonds is 6. The highest BCUT2D eigenvalue weighted by Gasteiger charge is 2.06. The fourth-order valence-corrected chi connectivity index (χ4v) is 2.21. The summed E-state index contributed by atoms with van der Waals surface area (Å²) in [6, 6.07) is 7.96. The quantitative estimate of drug-likeness (QED) is 0.763. The molecule has 1 aromatic carbocycles. The van der Waals surface area contributed by atoms with E-state index in [0.717, 1.165) is 29.2 Å². The number of hydrogen-bond acceptors (Lipinski definition) is 3. The lowest BCUT2D eigenvalue weighted by molar-refractivity contribution is -0.120. The van der Waals surface area contributed by atoms with Gasteiger partial charge >= 0.3 is 0 Å². The topological polar surface area (TPSA) is 69.8 Å². The summed E-state index contributed by atoms with van der Waals surface area (Å²) in [6.07, 6.45) is 0.425. The molecule has 1 heterocycles. The van der Waals surface area contributed by atoms with Gasteiger partial charge in [-0.3, -0.25) is 9.89 Å². The minimum absolute atomic E-state index is 0.0582. The smallest absolute Gasteiger partial charge is 0.224 e. The maximum atomic E-state index is 11.5. The van der Waals surface area contributed by atoms with Crippen LogP contribution >= 0.6 is 0 Å². The number of aromatic amines is 1. The SMILES string of the molecule is CCNC(=O)Cc1ccc(NCc2c(C)n[nH]c2C)cc1. The van der Waals surface area contributed by atoms with E-state index in [0.29, 0.717) is 13.0 Å². The lowest BCUT2D eigenvalue weighted by Crippen LogP contribution is -2.24. The monoisotopic (exact) mass is 286 g/mol. The fourth-order valence-electron chi connectivity index (χ4n) is 2.21. The van der Waals surface area contributed by atoms with Crippen LogP contribution in [0.2, 0.25) is 0 Å². The number of anilines is 1. The molecule has 2 aromatic rings. The van der Waals surface area contributed by atoms with Crippen molar-refractivity contribution in [2.75, 3.05) is 11.9 Å². The van der Waals surface area contributed by atoms with Crippen LogP contribution in [0, 0.1) is 13.8 Å². The van der Waals surface area contributed by atoms with Crippen molar-refractivity contribution in [2.24, 2.45) is 0 Å². The number of carbonyl (C=O) groups is 1. The number of aromatic nitrogens is 2. The van der Waals surface area contributed by atoms with Crippen LogP contribution in [0.15, 0.2) is 24.3 Å². The van der Waals surface area contributed by atoms with Crippen LogP contribution in [0.1, 0.15) is 29.4 Å². The second-order valence-corrected chi connectivity index (χ2v) is 5.09. The van der Waals surface area contributed by atoms with E-state index in [4.69, 9.17) is 0 Å². The molecule has 0 aliphatic heterocycles. The highest BCUT2D eigenvalue weighted by Crippen LogP contribution is 2.14. The van der Waals surface area contributed by atoms with Crippen molar-refractivity contribution in [3.63, 3.8) is 0 Å². The first kappa shape index (κ1) is 15.1. The summed E-state index contributed by atoms with van der Waals surface area (Å²) >= 11 is 0. The number of benzene rings is 1. The van der Waals surface area contributed by atoms with Gasteiger partial charge in [-0.2, -0.15) is 5.10 Å². The first-order valence-electron chi connectivity index (χ1n) is 7.20. The number of likely N-dealkylation sites (N-methyl/N-ethyl adjacent to an activating group) is 1. The van der Waals surface area contributed by atoms with Gasteiger partial charge in [0.1, 0.15) is 0 Å². The van der Waals surface area contributed by atoms with E-state index in [1.807, 2.05) is 45.0 Å². The van der Waals surface area contributed by atoms with E-state index in [9.17, 15) is 4.79 Å². The Bertz CT molecular complexity index is 582. The van der Waals surface area contributed by atoms with E-state index < -0.39 is 0 Å². The standard InChI is InChI=1S/C16H22N4O/c1-4-17-16(21)9-13-5-7-14(8-6-13)18-10-15-11(2)19-20-12(15)3/h5-8,18H,4,9-10H2,1-3H3,(H,17,21)(H,19,20). The van der Waals surface area contributed by atoms with Crippen LogP contribution in [-0.2, 0) is 17.8 Å². The second-order valence-electron chi connectivity index (χ2n) is 5.09. The van der Waals surface area contributed by atoms with E-state index in [2.05, 4.69) is 20.8 Å². The Kier molecular flexibility index (Phi) is 4.98. The first-order chi connectivity index (χ1) is 10.1. The van der Waals surface area contributed by atoms with E-state index in [-0.39, 0.29) is 5.91 Å². The molecule has 112 valence electrons. The molecule has 3 N–H and O–H groups in total. The lowest BCUT2D eigenvalue weighted by Gasteiger charge is -2.08. The molecular formula is C16H22N4O. The van der Waals surface area contributed by atoms with Crippen LogP contribution in [0.25, 0.3) is 0 Å². The van der Waals surface area contributed by atoms with Gasteiger partial charge in [0.15, 0.2) is 0 Å². The van der Waals surface area contributed by atoms with Gasteiger partial charge in [-0.15, -0.1) is 0 Å². The Morgan fingerprint density at radius 2 is 1.95 bits per heavy atom. The molecule has 0 spiro atoms. The van der Waals surface area contributed by atoms with Crippen LogP contribution in [-0.4, -0.2) is 22.6 Å². The number of H-pyrrole nitrogens is 1. The van der Waals surface area contributed by atoms with Gasteiger partial charge in [0.25, 0.3) is 0 Å². The minimum Gasteiger partial charge on any atom is -0.381 e. The third-order valence-corrected chi connectivity index (χ3v) is 3.44. The number of amides is 1. The van der Waals surface area contributed by atoms with E-state index in [1.54, 1.807) is 0 Å². The Morgan fingerprint density at radius 3 is 2.52 bits per heavy atom. The molecule has 0 saturated heterocycles. The summed E-state index contributed by atoms with van der Waals surface area (Å²) in [5.74, 6) is 0.0582. The van der Waals surface area contributed by atoms with Gasteiger partial charge < -0.3 is 10.6 Å². The van der Waals surface area contributed by atoms with Crippen LogP contribution in [0.4, 0.5) is 5.69 Å². The van der Waals surface area contributed by atoms with E-state index >= 15 is 0 Å². The normalized spacial score (nSPS) is 10.4. The Labute approximate surface area is 125 Å². The molecule has 0 saturated carbocycles. The molecule has 0 atom stereocenters.